The summed E-state index contributed by atoms with van der Waals surface area (Å²) < 4.78 is 0. The van der Waals surface area contributed by atoms with E-state index in [0.29, 0.717) is 5.56 Å². The fraction of sp³-hybridized carbons (Fsp3) is 0.176. The average molecular weight is 298 g/mol. The fourth-order valence-corrected chi connectivity index (χ4v) is 2.15. The van der Waals surface area contributed by atoms with E-state index in [9.17, 15) is 14.7 Å². The summed E-state index contributed by atoms with van der Waals surface area (Å²) in [6, 6.07) is 17.8. The van der Waals surface area contributed by atoms with E-state index in [-0.39, 0.29) is 13.1 Å². The molecule has 0 aromatic heterocycles. The minimum atomic E-state index is -1.32. The van der Waals surface area contributed by atoms with Gasteiger partial charge in [-0.25, -0.2) is 0 Å². The topological polar surface area (TPSA) is 83.6 Å². The molecule has 0 aliphatic rings. The first kappa shape index (κ1) is 15.7. The van der Waals surface area contributed by atoms with Crippen LogP contribution in [0, 0.1) is 0 Å². The van der Waals surface area contributed by atoms with E-state index in [1.165, 1.54) is 4.90 Å². The third kappa shape index (κ3) is 4.17. The largest absolute Gasteiger partial charge is 0.378 e. The standard InChI is InChI=1S/C17H18N2O3/c18-15(20)12-19(11-13-7-3-1-4-8-13)17(22)16(21)14-9-5-2-6-10-14/h1-10,16,21H,11-12H2,(H2,18,20). The lowest BCUT2D eigenvalue weighted by Gasteiger charge is -2.24. The van der Waals surface area contributed by atoms with E-state index in [0.717, 1.165) is 5.56 Å². The summed E-state index contributed by atoms with van der Waals surface area (Å²) >= 11 is 0. The molecule has 2 amide bonds. The third-order valence-corrected chi connectivity index (χ3v) is 3.22. The number of primary amides is 1. The predicted molar refractivity (Wildman–Crippen MR) is 82.5 cm³/mol. The molecule has 2 rings (SSSR count). The quantitative estimate of drug-likeness (QED) is 0.841. The molecule has 2 aromatic carbocycles. The Kier molecular flexibility index (Phi) is 5.27. The lowest BCUT2D eigenvalue weighted by Crippen LogP contribution is -2.40. The maximum absolute atomic E-state index is 12.5. The second-order valence-electron chi connectivity index (χ2n) is 4.96. The summed E-state index contributed by atoms with van der Waals surface area (Å²) in [5.74, 6) is -1.17. The zero-order valence-corrected chi connectivity index (χ0v) is 12.1. The van der Waals surface area contributed by atoms with E-state index in [4.69, 9.17) is 5.73 Å². The van der Waals surface area contributed by atoms with Gasteiger partial charge in [-0.3, -0.25) is 9.59 Å². The van der Waals surface area contributed by atoms with Crippen LogP contribution >= 0.6 is 0 Å². The zero-order chi connectivity index (χ0) is 15.9. The molecule has 22 heavy (non-hydrogen) atoms. The molecule has 0 heterocycles. The number of hydrogen-bond acceptors (Lipinski definition) is 3. The molecule has 1 unspecified atom stereocenters. The molecule has 0 aliphatic heterocycles. The van der Waals surface area contributed by atoms with Crippen LogP contribution in [0.3, 0.4) is 0 Å². The lowest BCUT2D eigenvalue weighted by molar-refractivity contribution is -0.143. The van der Waals surface area contributed by atoms with Gasteiger partial charge in [0.15, 0.2) is 6.10 Å². The highest BCUT2D eigenvalue weighted by molar-refractivity contribution is 5.86. The molecule has 114 valence electrons. The maximum atomic E-state index is 12.5. The number of aliphatic hydroxyl groups excluding tert-OH is 1. The van der Waals surface area contributed by atoms with Gasteiger partial charge in [0.25, 0.3) is 5.91 Å². The van der Waals surface area contributed by atoms with Crippen LogP contribution in [0.15, 0.2) is 60.7 Å². The molecule has 2 aromatic rings. The molecule has 0 spiro atoms. The Labute approximate surface area is 129 Å². The number of nitrogens with zero attached hydrogens (tertiary/aromatic N) is 1. The van der Waals surface area contributed by atoms with Gasteiger partial charge in [-0.05, 0) is 11.1 Å². The summed E-state index contributed by atoms with van der Waals surface area (Å²) in [6.07, 6.45) is -1.32. The molecular weight excluding hydrogens is 280 g/mol. The van der Waals surface area contributed by atoms with Crippen LogP contribution in [0.4, 0.5) is 0 Å². The van der Waals surface area contributed by atoms with E-state index >= 15 is 0 Å². The van der Waals surface area contributed by atoms with Gasteiger partial charge in [-0.1, -0.05) is 60.7 Å². The predicted octanol–water partition coefficient (Wildman–Crippen LogP) is 1.23. The van der Waals surface area contributed by atoms with Crippen molar-refractivity contribution < 1.29 is 14.7 Å². The molecule has 5 heteroatoms. The zero-order valence-electron chi connectivity index (χ0n) is 12.1. The molecule has 3 N–H and O–H groups in total. The van der Waals surface area contributed by atoms with Gasteiger partial charge in [0, 0.05) is 6.54 Å². The fourth-order valence-electron chi connectivity index (χ4n) is 2.15. The summed E-state index contributed by atoms with van der Waals surface area (Å²) in [7, 11) is 0. The van der Waals surface area contributed by atoms with Gasteiger partial charge < -0.3 is 15.7 Å². The highest BCUT2D eigenvalue weighted by atomic mass is 16.3. The smallest absolute Gasteiger partial charge is 0.256 e. The van der Waals surface area contributed by atoms with Crippen molar-refractivity contribution in [2.45, 2.75) is 12.6 Å². The SMILES string of the molecule is NC(=O)CN(Cc1ccccc1)C(=O)C(O)c1ccccc1. The van der Waals surface area contributed by atoms with E-state index in [2.05, 4.69) is 0 Å². The second-order valence-corrected chi connectivity index (χ2v) is 4.96. The Bertz CT molecular complexity index is 629. The number of hydrogen-bond donors (Lipinski definition) is 2. The second kappa shape index (κ2) is 7.38. The minimum Gasteiger partial charge on any atom is -0.378 e. The maximum Gasteiger partial charge on any atom is 0.256 e. The Morgan fingerprint density at radius 1 is 1.00 bits per heavy atom. The minimum absolute atomic E-state index is 0.215. The van der Waals surface area contributed by atoms with Crippen LogP contribution in [0.25, 0.3) is 0 Å². The number of aliphatic hydroxyl groups is 1. The Morgan fingerprint density at radius 2 is 1.55 bits per heavy atom. The molecular formula is C17H18N2O3. The van der Waals surface area contributed by atoms with Crippen molar-refractivity contribution in [1.29, 1.82) is 0 Å². The van der Waals surface area contributed by atoms with Crippen molar-refractivity contribution in [3.8, 4) is 0 Å². The number of rotatable bonds is 6. The van der Waals surface area contributed by atoms with Crippen molar-refractivity contribution >= 4 is 11.8 Å². The normalized spacial score (nSPS) is 11.7. The number of nitrogens with two attached hydrogens (primary N) is 1. The molecule has 0 bridgehead atoms. The summed E-state index contributed by atoms with van der Waals surface area (Å²) in [6.45, 7) is -0.0237. The molecule has 0 saturated heterocycles. The first-order valence-corrected chi connectivity index (χ1v) is 6.92. The van der Waals surface area contributed by atoms with Crippen molar-refractivity contribution in [3.05, 3.63) is 71.8 Å². The van der Waals surface area contributed by atoms with Crippen molar-refractivity contribution in [3.63, 3.8) is 0 Å². The first-order valence-electron chi connectivity index (χ1n) is 6.92. The van der Waals surface area contributed by atoms with E-state index in [1.807, 2.05) is 30.3 Å². The summed E-state index contributed by atoms with van der Waals surface area (Å²) in [5.41, 5.74) is 6.55. The number of carbonyl (C=O) groups excluding carboxylic acids is 2. The summed E-state index contributed by atoms with van der Waals surface area (Å²) in [4.78, 5) is 24.9. The van der Waals surface area contributed by atoms with Crippen LogP contribution in [0.1, 0.15) is 17.2 Å². The number of amides is 2. The molecule has 0 radical (unpaired) electrons. The molecule has 0 saturated carbocycles. The molecule has 0 aliphatic carbocycles. The van der Waals surface area contributed by atoms with Crippen LogP contribution < -0.4 is 5.73 Å². The van der Waals surface area contributed by atoms with Gasteiger partial charge in [-0.15, -0.1) is 0 Å². The van der Waals surface area contributed by atoms with Gasteiger partial charge in [0.2, 0.25) is 5.91 Å². The molecule has 5 nitrogen and oxygen atoms in total. The Morgan fingerprint density at radius 3 is 2.09 bits per heavy atom. The number of benzene rings is 2. The van der Waals surface area contributed by atoms with Crippen LogP contribution in [-0.2, 0) is 16.1 Å². The van der Waals surface area contributed by atoms with Crippen LogP contribution in [0.2, 0.25) is 0 Å². The average Bonchev–Trinajstić information content (AvgIpc) is 2.54. The molecule has 0 fully saturated rings. The van der Waals surface area contributed by atoms with E-state index in [1.54, 1.807) is 30.3 Å². The third-order valence-electron chi connectivity index (χ3n) is 3.22. The van der Waals surface area contributed by atoms with Gasteiger partial charge in [0.05, 0.1) is 6.54 Å². The molecule has 1 atom stereocenters. The number of carbonyl (C=O) groups is 2. The van der Waals surface area contributed by atoms with E-state index < -0.39 is 17.9 Å². The van der Waals surface area contributed by atoms with Gasteiger partial charge in [-0.2, -0.15) is 0 Å². The summed E-state index contributed by atoms with van der Waals surface area (Å²) in [5, 5.41) is 10.2. The highest BCUT2D eigenvalue weighted by Gasteiger charge is 2.24. The lowest BCUT2D eigenvalue weighted by atomic mass is 10.1. The Balaban J connectivity index is 2.17. The Hall–Kier alpha value is -2.66. The van der Waals surface area contributed by atoms with Crippen molar-refractivity contribution in [2.75, 3.05) is 6.54 Å². The first-order chi connectivity index (χ1) is 10.6. The van der Waals surface area contributed by atoms with Crippen LogP contribution in [-0.4, -0.2) is 28.4 Å². The highest BCUT2D eigenvalue weighted by Crippen LogP contribution is 2.17. The van der Waals surface area contributed by atoms with Crippen molar-refractivity contribution in [1.82, 2.24) is 4.90 Å². The monoisotopic (exact) mass is 298 g/mol. The van der Waals surface area contributed by atoms with Crippen LogP contribution in [0.5, 0.6) is 0 Å². The van der Waals surface area contributed by atoms with Gasteiger partial charge >= 0.3 is 0 Å². The van der Waals surface area contributed by atoms with Crippen molar-refractivity contribution in [2.24, 2.45) is 5.73 Å². The van der Waals surface area contributed by atoms with Gasteiger partial charge in [0.1, 0.15) is 0 Å².